The van der Waals surface area contributed by atoms with E-state index in [1.54, 1.807) is 0 Å². The fraction of sp³-hybridized carbons (Fsp3) is 0.0769. The lowest BCUT2D eigenvalue weighted by molar-refractivity contribution is 0.576. The van der Waals surface area contributed by atoms with Crippen LogP contribution in [0.5, 0.6) is 0 Å². The van der Waals surface area contributed by atoms with Gasteiger partial charge in [-0.3, -0.25) is 0 Å². The van der Waals surface area contributed by atoms with Gasteiger partial charge in [0.15, 0.2) is 0 Å². The Bertz CT molecular complexity index is 538. The van der Waals surface area contributed by atoms with Crippen LogP contribution in [0.4, 0.5) is 8.78 Å². The van der Waals surface area contributed by atoms with Crippen molar-refractivity contribution in [3.8, 4) is 0 Å². The van der Waals surface area contributed by atoms with Crippen molar-refractivity contribution in [1.29, 1.82) is 0 Å². The molecule has 0 aliphatic carbocycles. The Hall–Kier alpha value is -0.530. The van der Waals surface area contributed by atoms with Gasteiger partial charge in [0.2, 0.25) is 0 Å². The summed E-state index contributed by atoms with van der Waals surface area (Å²) in [6, 6.07) is 8.19. The van der Waals surface area contributed by atoms with Crippen LogP contribution in [0.15, 0.2) is 40.9 Å². The van der Waals surface area contributed by atoms with Crippen LogP contribution in [0.2, 0.25) is 0 Å². The second-order valence-electron chi connectivity index (χ2n) is 3.81. The molecular weight excluding hydrogens is 415 g/mol. The first kappa shape index (κ1) is 13.9. The van der Waals surface area contributed by atoms with Crippen LogP contribution in [0.3, 0.4) is 0 Å². The van der Waals surface area contributed by atoms with E-state index in [-0.39, 0.29) is 5.56 Å². The van der Waals surface area contributed by atoms with E-state index >= 15 is 0 Å². The number of hydrogen-bond donors (Lipinski definition) is 1. The highest BCUT2D eigenvalue weighted by atomic mass is 127. The first-order chi connectivity index (χ1) is 8.49. The Morgan fingerprint density at radius 2 is 1.78 bits per heavy atom. The molecule has 18 heavy (non-hydrogen) atoms. The Morgan fingerprint density at radius 1 is 1.06 bits per heavy atom. The number of halogens is 4. The molecule has 2 N–H and O–H groups in total. The Balaban J connectivity index is 2.50. The van der Waals surface area contributed by atoms with Crippen molar-refractivity contribution in [3.05, 3.63) is 67.2 Å². The third kappa shape index (κ3) is 2.89. The molecule has 1 nitrogen and oxygen atoms in total. The van der Waals surface area contributed by atoms with Crippen LogP contribution in [-0.4, -0.2) is 0 Å². The molecule has 0 saturated carbocycles. The predicted molar refractivity (Wildman–Crippen MR) is 79.2 cm³/mol. The Labute approximate surface area is 126 Å². The Morgan fingerprint density at radius 3 is 2.50 bits per heavy atom. The van der Waals surface area contributed by atoms with Crippen LogP contribution in [0, 0.1) is 15.2 Å². The second-order valence-corrected chi connectivity index (χ2v) is 5.91. The minimum absolute atomic E-state index is 0.151. The molecule has 0 heterocycles. The molecule has 0 spiro atoms. The average molecular weight is 424 g/mol. The van der Waals surface area contributed by atoms with Crippen molar-refractivity contribution in [1.82, 2.24) is 0 Å². The van der Waals surface area contributed by atoms with Gasteiger partial charge in [0, 0.05) is 13.6 Å². The van der Waals surface area contributed by atoms with Crippen LogP contribution in [0.1, 0.15) is 17.2 Å². The normalized spacial score (nSPS) is 12.5. The molecule has 2 aromatic rings. The summed E-state index contributed by atoms with van der Waals surface area (Å²) < 4.78 is 28.6. The minimum Gasteiger partial charge on any atom is -0.320 e. The molecule has 2 aromatic carbocycles. The van der Waals surface area contributed by atoms with E-state index < -0.39 is 17.7 Å². The average Bonchev–Trinajstić information content (AvgIpc) is 2.34. The van der Waals surface area contributed by atoms with E-state index in [4.69, 9.17) is 5.73 Å². The van der Waals surface area contributed by atoms with Gasteiger partial charge in [-0.1, -0.05) is 15.9 Å². The minimum atomic E-state index is -0.704. The van der Waals surface area contributed by atoms with Crippen LogP contribution < -0.4 is 5.73 Å². The molecule has 1 unspecified atom stereocenters. The molecule has 0 bridgehead atoms. The van der Waals surface area contributed by atoms with Gasteiger partial charge in [-0.05, 0) is 64.6 Å². The predicted octanol–water partition coefficient (Wildman–Crippen LogP) is 4.38. The van der Waals surface area contributed by atoms with E-state index in [0.717, 1.165) is 31.8 Å². The lowest BCUT2D eigenvalue weighted by Crippen LogP contribution is -2.14. The number of nitrogens with two attached hydrogens (primary N) is 1. The smallest absolute Gasteiger partial charge is 0.128 e. The van der Waals surface area contributed by atoms with Gasteiger partial charge < -0.3 is 5.73 Å². The number of hydrogen-bond acceptors (Lipinski definition) is 1. The van der Waals surface area contributed by atoms with Gasteiger partial charge in [0.25, 0.3) is 0 Å². The van der Waals surface area contributed by atoms with E-state index in [1.807, 2.05) is 18.2 Å². The third-order valence-electron chi connectivity index (χ3n) is 2.59. The Kier molecular flexibility index (Phi) is 4.34. The molecule has 94 valence electrons. The van der Waals surface area contributed by atoms with Crippen molar-refractivity contribution in [2.45, 2.75) is 6.04 Å². The molecule has 2 rings (SSSR count). The quantitative estimate of drug-likeness (QED) is 0.712. The summed E-state index contributed by atoms with van der Waals surface area (Å²) >= 11 is 5.52. The van der Waals surface area contributed by atoms with E-state index in [2.05, 4.69) is 38.5 Å². The summed E-state index contributed by atoms with van der Waals surface area (Å²) in [5.41, 5.74) is 6.89. The summed E-state index contributed by atoms with van der Waals surface area (Å²) in [5.74, 6) is -1.00. The highest BCUT2D eigenvalue weighted by molar-refractivity contribution is 14.1. The first-order valence-electron chi connectivity index (χ1n) is 5.14. The highest BCUT2D eigenvalue weighted by Gasteiger charge is 2.17. The summed E-state index contributed by atoms with van der Waals surface area (Å²) in [5, 5.41) is 0. The fourth-order valence-corrected chi connectivity index (χ4v) is 2.68. The molecule has 0 aliphatic heterocycles. The molecule has 1 atom stereocenters. The standard InChI is InChI=1S/C13H9BrF2IN/c14-11-3-2-8(17)6-9(11)13(18)10-5-7(15)1-4-12(10)16/h1-6,13H,18H2. The van der Waals surface area contributed by atoms with Gasteiger partial charge >= 0.3 is 0 Å². The van der Waals surface area contributed by atoms with Crippen LogP contribution in [-0.2, 0) is 0 Å². The maximum Gasteiger partial charge on any atom is 0.128 e. The van der Waals surface area contributed by atoms with E-state index in [0.29, 0.717) is 0 Å². The molecular formula is C13H9BrF2IN. The monoisotopic (exact) mass is 423 g/mol. The molecule has 0 aromatic heterocycles. The summed E-state index contributed by atoms with van der Waals surface area (Å²) in [6.07, 6.45) is 0. The van der Waals surface area contributed by atoms with Crippen molar-refractivity contribution >= 4 is 38.5 Å². The molecule has 0 radical (unpaired) electrons. The number of benzene rings is 2. The summed E-state index contributed by atoms with van der Waals surface area (Å²) in [6.45, 7) is 0. The lowest BCUT2D eigenvalue weighted by atomic mass is 9.99. The van der Waals surface area contributed by atoms with Crippen molar-refractivity contribution in [3.63, 3.8) is 0 Å². The van der Waals surface area contributed by atoms with Gasteiger partial charge in [0.05, 0.1) is 6.04 Å². The SMILES string of the molecule is NC(c1cc(F)ccc1F)c1cc(I)ccc1Br. The largest absolute Gasteiger partial charge is 0.320 e. The summed E-state index contributed by atoms with van der Waals surface area (Å²) in [4.78, 5) is 0. The topological polar surface area (TPSA) is 26.0 Å². The molecule has 0 aliphatic rings. The first-order valence-corrected chi connectivity index (χ1v) is 7.01. The summed E-state index contributed by atoms with van der Waals surface area (Å²) in [7, 11) is 0. The second kappa shape index (κ2) is 5.63. The third-order valence-corrected chi connectivity index (χ3v) is 3.98. The molecule has 5 heteroatoms. The molecule has 0 fully saturated rings. The zero-order valence-corrected chi connectivity index (χ0v) is 12.9. The zero-order valence-electron chi connectivity index (χ0n) is 9.13. The van der Waals surface area contributed by atoms with Gasteiger partial charge in [0.1, 0.15) is 11.6 Å². The van der Waals surface area contributed by atoms with Crippen LogP contribution in [0.25, 0.3) is 0 Å². The number of rotatable bonds is 2. The molecule has 0 amide bonds. The fourth-order valence-electron chi connectivity index (χ4n) is 1.67. The maximum atomic E-state index is 13.7. The van der Waals surface area contributed by atoms with Crippen molar-refractivity contribution in [2.75, 3.05) is 0 Å². The lowest BCUT2D eigenvalue weighted by Gasteiger charge is -2.15. The zero-order chi connectivity index (χ0) is 13.3. The maximum absolute atomic E-state index is 13.7. The van der Waals surface area contributed by atoms with Gasteiger partial charge in [-0.25, -0.2) is 8.78 Å². The van der Waals surface area contributed by atoms with E-state index in [1.165, 1.54) is 0 Å². The van der Waals surface area contributed by atoms with E-state index in [9.17, 15) is 8.78 Å². The van der Waals surface area contributed by atoms with Crippen molar-refractivity contribution < 1.29 is 8.78 Å². The van der Waals surface area contributed by atoms with Crippen LogP contribution >= 0.6 is 38.5 Å². The van der Waals surface area contributed by atoms with Gasteiger partial charge in [-0.15, -0.1) is 0 Å². The van der Waals surface area contributed by atoms with Crippen molar-refractivity contribution in [2.24, 2.45) is 5.73 Å². The van der Waals surface area contributed by atoms with Gasteiger partial charge in [-0.2, -0.15) is 0 Å². The molecule has 0 saturated heterocycles. The highest BCUT2D eigenvalue weighted by Crippen LogP contribution is 2.29.